The van der Waals surface area contributed by atoms with Gasteiger partial charge in [-0.05, 0) is 0 Å². The van der Waals surface area contributed by atoms with Gasteiger partial charge in [0, 0.05) is 0 Å². The fourth-order valence-corrected chi connectivity index (χ4v) is 645. The Balaban J connectivity index is 4.28. The average molecular weight is 795 g/mol. The van der Waals surface area contributed by atoms with Crippen molar-refractivity contribution in [3.05, 3.63) is 0 Å². The maximum atomic E-state index is 2.79. The zero-order valence-corrected chi connectivity index (χ0v) is 34.7. The summed E-state index contributed by atoms with van der Waals surface area (Å²) in [7, 11) is 0. The molecule has 1 rings (SSSR count). The molecule has 0 aromatic heterocycles. The summed E-state index contributed by atoms with van der Waals surface area (Å²) in [4.78, 5) is 0. The van der Waals surface area contributed by atoms with Gasteiger partial charge < -0.3 is 0 Å². The molecule has 1 fully saturated rings. The molecule has 0 amide bonds. The second kappa shape index (κ2) is 8.78. The van der Waals surface area contributed by atoms with E-state index >= 15 is 0 Å². The van der Waals surface area contributed by atoms with Gasteiger partial charge in [-0.3, -0.25) is 0 Å². The molecule has 0 N–H and O–H groups in total. The van der Waals surface area contributed by atoms with Crippen molar-refractivity contribution in [2.45, 2.75) is 145 Å². The van der Waals surface area contributed by atoms with E-state index in [0.29, 0.717) is 20.6 Å². The molecule has 0 spiro atoms. The molecule has 0 aromatic rings. The number of hydrogen-bond acceptors (Lipinski definition) is 3. The third-order valence-electron chi connectivity index (χ3n) is 6.79. The van der Waals surface area contributed by atoms with Crippen molar-refractivity contribution in [2.75, 3.05) is 0 Å². The van der Waals surface area contributed by atoms with Gasteiger partial charge >= 0.3 is 210 Å². The van der Waals surface area contributed by atoms with Crippen LogP contribution < -0.4 is 0 Å². The summed E-state index contributed by atoms with van der Waals surface area (Å²) in [5.74, 6) is 0. The van der Waals surface area contributed by atoms with Crippen LogP contribution in [0.25, 0.3) is 0 Å². The first kappa shape index (κ1) is 31.5. The van der Waals surface area contributed by atoms with Crippen molar-refractivity contribution in [1.29, 1.82) is 0 Å². The van der Waals surface area contributed by atoms with Crippen LogP contribution in [0, 0.1) is 0 Å². The van der Waals surface area contributed by atoms with Crippen LogP contribution in [-0.4, -0.2) is 46.8 Å². The minimum atomic E-state index is -2.84. The van der Waals surface area contributed by atoms with Gasteiger partial charge in [-0.15, -0.1) is 0 Å². The summed E-state index contributed by atoms with van der Waals surface area (Å²) < 4.78 is 2.75. The Morgan fingerprint density at radius 3 is 0.433 bits per heavy atom. The number of hydrogen-bond donors (Lipinski definition) is 0. The fourth-order valence-electron chi connectivity index (χ4n) is 5.88. The summed E-state index contributed by atoms with van der Waals surface area (Å²) in [6.07, 6.45) is 8.36. The van der Waals surface area contributed by atoms with Gasteiger partial charge in [0.2, 0.25) is 0 Å². The van der Waals surface area contributed by atoms with E-state index in [1.807, 2.05) is 0 Å². The average Bonchev–Trinajstić information content (AvgIpc) is 2.39. The van der Waals surface area contributed by atoms with Crippen LogP contribution in [-0.2, 0) is 0 Å². The quantitative estimate of drug-likeness (QED) is 0.224. The van der Waals surface area contributed by atoms with E-state index in [4.69, 9.17) is 0 Å². The molecule has 0 aliphatic carbocycles. The summed E-state index contributed by atoms with van der Waals surface area (Å²) >= 11 is -8.53. The molecule has 30 heavy (non-hydrogen) atoms. The Kier molecular flexibility index (Phi) is 9.21. The minimum absolute atomic E-state index is 0.459. The molecule has 1 saturated heterocycles. The Labute approximate surface area is 207 Å². The van der Waals surface area contributed by atoms with E-state index in [1.54, 1.807) is 0 Å². The van der Waals surface area contributed by atoms with Crippen molar-refractivity contribution < 1.29 is 0 Å². The van der Waals surface area contributed by atoms with Crippen LogP contribution in [0.1, 0.15) is 125 Å². The first-order valence-electron chi connectivity index (χ1n) is 11.7. The van der Waals surface area contributed by atoms with Crippen LogP contribution in [0.4, 0.5) is 0 Å². The summed E-state index contributed by atoms with van der Waals surface area (Å²) in [5, 5.41) is 0. The molecule has 0 aromatic carbocycles. The Bertz CT molecular complexity index is 485. The first-order chi connectivity index (χ1) is 12.6. The van der Waals surface area contributed by atoms with Crippen molar-refractivity contribution in [2.24, 2.45) is 0 Å². The predicted octanol–water partition coefficient (Wildman–Crippen LogP) is 11.3. The summed E-state index contributed by atoms with van der Waals surface area (Å²) in [5.41, 5.74) is 0. The molecule has 1 aliphatic heterocycles. The van der Waals surface area contributed by atoms with Crippen molar-refractivity contribution >= 4 is 65.2 Å². The van der Waals surface area contributed by atoms with Crippen molar-refractivity contribution in [1.82, 2.24) is 0 Å². The SMILES string of the molecule is C[C](C)(C)[Sn]1([C](C)(C)C)[S][Sn]([C](C)(C)C)([C](C)(C)C)[S][Sn]([C](C)(C)C)([C](C)(C)C)[S]1. The van der Waals surface area contributed by atoms with E-state index in [-0.39, 0.29) is 0 Å². The topological polar surface area (TPSA) is 0 Å². The van der Waals surface area contributed by atoms with Gasteiger partial charge in [0.25, 0.3) is 0 Å². The molecular weight excluding hydrogens is 741 g/mol. The van der Waals surface area contributed by atoms with Gasteiger partial charge in [-0.25, -0.2) is 0 Å². The standard InChI is InChI=1S/6C4H9.3S.3Sn/c6*1-4(2)3;;;;;;/h6*1-3H3;;;;;;. The van der Waals surface area contributed by atoms with E-state index < -0.39 is 46.8 Å². The number of rotatable bonds is 0. The van der Waals surface area contributed by atoms with Gasteiger partial charge in [-0.2, -0.15) is 0 Å². The third kappa shape index (κ3) is 5.12. The van der Waals surface area contributed by atoms with Crippen molar-refractivity contribution in [3.63, 3.8) is 0 Å². The molecule has 0 bridgehead atoms. The fraction of sp³-hybridized carbons (Fsp3) is 1.00. The van der Waals surface area contributed by atoms with E-state index in [1.165, 1.54) is 0 Å². The summed E-state index contributed by atoms with van der Waals surface area (Å²) in [6, 6.07) is 0. The van der Waals surface area contributed by atoms with E-state index in [2.05, 4.69) is 143 Å². The van der Waals surface area contributed by atoms with E-state index in [9.17, 15) is 0 Å². The molecule has 6 heteroatoms. The maximum absolute atomic E-state index is 2.84. The molecular formula is C24H54S3Sn3. The zero-order chi connectivity index (χ0) is 24.6. The second-order valence-electron chi connectivity index (χ2n) is 15.7. The van der Waals surface area contributed by atoms with Gasteiger partial charge in [0.15, 0.2) is 0 Å². The molecule has 0 unspecified atom stereocenters. The molecule has 180 valence electrons. The van der Waals surface area contributed by atoms with Crippen LogP contribution in [0.5, 0.6) is 0 Å². The van der Waals surface area contributed by atoms with Crippen LogP contribution >= 0.6 is 18.4 Å². The Hall–Kier alpha value is 3.45. The molecule has 0 saturated carbocycles. The predicted molar refractivity (Wildman–Crippen MR) is 158 cm³/mol. The van der Waals surface area contributed by atoms with E-state index in [0.717, 1.165) is 0 Å². The zero-order valence-electron chi connectivity index (χ0n) is 23.7. The Morgan fingerprint density at radius 1 is 0.267 bits per heavy atom. The van der Waals surface area contributed by atoms with Gasteiger partial charge in [0.1, 0.15) is 0 Å². The summed E-state index contributed by atoms with van der Waals surface area (Å²) in [6.45, 7) is 47.6. The van der Waals surface area contributed by atoms with Crippen molar-refractivity contribution in [3.8, 4) is 0 Å². The monoisotopic (exact) mass is 798 g/mol. The van der Waals surface area contributed by atoms with Crippen LogP contribution in [0.3, 0.4) is 0 Å². The van der Waals surface area contributed by atoms with Crippen LogP contribution in [0.2, 0.25) is 20.6 Å². The Morgan fingerprint density at radius 2 is 0.367 bits per heavy atom. The molecule has 1 heterocycles. The van der Waals surface area contributed by atoms with Gasteiger partial charge in [-0.1, -0.05) is 0 Å². The molecule has 0 nitrogen and oxygen atoms in total. The molecule has 0 radical (unpaired) electrons. The molecule has 1 aliphatic rings. The third-order valence-corrected chi connectivity index (χ3v) is 273. The van der Waals surface area contributed by atoms with Gasteiger partial charge in [0.05, 0.1) is 0 Å². The second-order valence-corrected chi connectivity index (χ2v) is 123. The normalized spacial score (nSPS) is 23.4. The van der Waals surface area contributed by atoms with Crippen LogP contribution in [0.15, 0.2) is 0 Å². The first-order valence-corrected chi connectivity index (χ1v) is 43.7. The molecule has 0 atom stereocenters.